The molecule has 0 radical (unpaired) electrons. The lowest BCUT2D eigenvalue weighted by atomic mass is 10.2. The van der Waals surface area contributed by atoms with Crippen LogP contribution in [0.25, 0.3) is 17.0 Å². The molecular formula is C18H14N2O. The molecule has 102 valence electrons. The SMILES string of the molecule is O=C(/C=C/c1ccccc1)Nc1cccc2ncccc12. The van der Waals surface area contributed by atoms with Crippen molar-refractivity contribution in [1.82, 2.24) is 4.98 Å². The first-order chi connectivity index (χ1) is 10.3. The third-order valence-corrected chi connectivity index (χ3v) is 3.13. The van der Waals surface area contributed by atoms with E-state index in [1.54, 1.807) is 12.3 Å². The van der Waals surface area contributed by atoms with Crippen LogP contribution >= 0.6 is 0 Å². The van der Waals surface area contributed by atoms with Gasteiger partial charge in [-0.2, -0.15) is 0 Å². The lowest BCUT2D eigenvalue weighted by molar-refractivity contribution is -0.111. The molecule has 0 saturated carbocycles. The Bertz CT molecular complexity index is 789. The van der Waals surface area contributed by atoms with Crippen LogP contribution in [0.15, 0.2) is 72.9 Å². The van der Waals surface area contributed by atoms with Crippen molar-refractivity contribution in [3.05, 3.63) is 78.5 Å². The highest BCUT2D eigenvalue weighted by molar-refractivity contribution is 6.06. The van der Waals surface area contributed by atoms with Gasteiger partial charge in [0.15, 0.2) is 0 Å². The van der Waals surface area contributed by atoms with Crippen molar-refractivity contribution in [2.24, 2.45) is 0 Å². The summed E-state index contributed by atoms with van der Waals surface area (Å²) in [4.78, 5) is 16.3. The van der Waals surface area contributed by atoms with E-state index in [1.807, 2.05) is 60.7 Å². The maximum absolute atomic E-state index is 12.0. The number of pyridine rings is 1. The molecule has 3 heteroatoms. The van der Waals surface area contributed by atoms with Crippen molar-refractivity contribution in [3.63, 3.8) is 0 Å². The van der Waals surface area contributed by atoms with Crippen molar-refractivity contribution < 1.29 is 4.79 Å². The lowest BCUT2D eigenvalue weighted by Crippen LogP contribution is -2.08. The largest absolute Gasteiger partial charge is 0.322 e. The lowest BCUT2D eigenvalue weighted by Gasteiger charge is -2.06. The summed E-state index contributed by atoms with van der Waals surface area (Å²) in [5.41, 5.74) is 2.62. The van der Waals surface area contributed by atoms with Crippen molar-refractivity contribution in [2.45, 2.75) is 0 Å². The molecule has 0 atom stereocenters. The molecule has 0 aliphatic carbocycles. The zero-order valence-corrected chi connectivity index (χ0v) is 11.4. The highest BCUT2D eigenvalue weighted by Gasteiger charge is 2.03. The minimum Gasteiger partial charge on any atom is -0.322 e. The average Bonchev–Trinajstić information content (AvgIpc) is 2.54. The van der Waals surface area contributed by atoms with Gasteiger partial charge >= 0.3 is 0 Å². The van der Waals surface area contributed by atoms with Gasteiger partial charge in [-0.1, -0.05) is 36.4 Å². The molecule has 3 rings (SSSR count). The number of rotatable bonds is 3. The smallest absolute Gasteiger partial charge is 0.248 e. The van der Waals surface area contributed by atoms with Gasteiger partial charge in [0.2, 0.25) is 5.91 Å². The Morgan fingerprint density at radius 3 is 2.67 bits per heavy atom. The number of fused-ring (bicyclic) bond motifs is 1. The molecular weight excluding hydrogens is 260 g/mol. The van der Waals surface area contributed by atoms with Crippen LogP contribution in [0.1, 0.15) is 5.56 Å². The molecule has 0 aliphatic rings. The fourth-order valence-electron chi connectivity index (χ4n) is 2.12. The van der Waals surface area contributed by atoms with E-state index in [9.17, 15) is 4.79 Å². The fraction of sp³-hybridized carbons (Fsp3) is 0. The predicted molar refractivity (Wildman–Crippen MR) is 85.8 cm³/mol. The second-order valence-electron chi connectivity index (χ2n) is 4.61. The van der Waals surface area contributed by atoms with Gasteiger partial charge in [-0.05, 0) is 35.9 Å². The van der Waals surface area contributed by atoms with Crippen molar-refractivity contribution in [3.8, 4) is 0 Å². The summed E-state index contributed by atoms with van der Waals surface area (Å²) >= 11 is 0. The molecule has 0 spiro atoms. The molecule has 1 N–H and O–H groups in total. The van der Waals surface area contributed by atoms with Crippen molar-refractivity contribution >= 4 is 28.6 Å². The summed E-state index contributed by atoms with van der Waals surface area (Å²) in [5.74, 6) is -0.157. The molecule has 2 aromatic carbocycles. The molecule has 0 saturated heterocycles. The third kappa shape index (κ3) is 3.15. The summed E-state index contributed by atoms with van der Waals surface area (Å²) in [5, 5.41) is 3.82. The van der Waals surface area contributed by atoms with Crippen LogP contribution in [-0.4, -0.2) is 10.9 Å². The van der Waals surface area contributed by atoms with E-state index in [4.69, 9.17) is 0 Å². The number of nitrogens with zero attached hydrogens (tertiary/aromatic N) is 1. The Labute approximate surface area is 123 Å². The maximum Gasteiger partial charge on any atom is 0.248 e. The van der Waals surface area contributed by atoms with Crippen LogP contribution in [0.5, 0.6) is 0 Å². The molecule has 1 amide bonds. The zero-order chi connectivity index (χ0) is 14.5. The predicted octanol–water partition coefficient (Wildman–Crippen LogP) is 3.89. The number of benzene rings is 2. The number of anilines is 1. The number of aromatic nitrogens is 1. The van der Waals surface area contributed by atoms with Gasteiger partial charge in [0.25, 0.3) is 0 Å². The third-order valence-electron chi connectivity index (χ3n) is 3.13. The van der Waals surface area contributed by atoms with Crippen molar-refractivity contribution in [1.29, 1.82) is 0 Å². The maximum atomic E-state index is 12.0. The Balaban J connectivity index is 1.79. The number of hydrogen-bond acceptors (Lipinski definition) is 2. The van der Waals surface area contributed by atoms with Gasteiger partial charge in [0.05, 0.1) is 11.2 Å². The second-order valence-corrected chi connectivity index (χ2v) is 4.61. The van der Waals surface area contributed by atoms with Crippen LogP contribution in [0.3, 0.4) is 0 Å². The zero-order valence-electron chi connectivity index (χ0n) is 11.4. The number of amides is 1. The van der Waals surface area contributed by atoms with Crippen LogP contribution in [0, 0.1) is 0 Å². The number of hydrogen-bond donors (Lipinski definition) is 1. The molecule has 0 unspecified atom stereocenters. The molecule has 3 nitrogen and oxygen atoms in total. The standard InChI is InChI=1S/C18H14N2O/c21-18(12-11-14-6-2-1-3-7-14)20-17-10-4-9-16-15(17)8-5-13-19-16/h1-13H,(H,20,21)/b12-11+. The summed E-state index contributed by atoms with van der Waals surface area (Å²) in [7, 11) is 0. The number of carbonyl (C=O) groups is 1. The average molecular weight is 274 g/mol. The van der Waals surface area contributed by atoms with Crippen LogP contribution < -0.4 is 5.32 Å². The van der Waals surface area contributed by atoms with Gasteiger partial charge in [-0.3, -0.25) is 9.78 Å². The Morgan fingerprint density at radius 2 is 1.81 bits per heavy atom. The summed E-state index contributed by atoms with van der Waals surface area (Å²) in [6.07, 6.45) is 5.06. The van der Waals surface area contributed by atoms with Crippen LogP contribution in [0.4, 0.5) is 5.69 Å². The van der Waals surface area contributed by atoms with Crippen molar-refractivity contribution in [2.75, 3.05) is 5.32 Å². The quantitative estimate of drug-likeness (QED) is 0.736. The summed E-state index contributed by atoms with van der Waals surface area (Å²) in [6, 6.07) is 19.2. The van der Waals surface area contributed by atoms with Gasteiger partial charge < -0.3 is 5.32 Å². The van der Waals surface area contributed by atoms with Gasteiger partial charge in [-0.15, -0.1) is 0 Å². The molecule has 21 heavy (non-hydrogen) atoms. The summed E-state index contributed by atoms with van der Waals surface area (Å²) < 4.78 is 0. The number of carbonyl (C=O) groups excluding carboxylic acids is 1. The minimum absolute atomic E-state index is 0.157. The molecule has 0 bridgehead atoms. The van der Waals surface area contributed by atoms with E-state index in [0.29, 0.717) is 0 Å². The van der Waals surface area contributed by atoms with Crippen LogP contribution in [-0.2, 0) is 4.79 Å². The minimum atomic E-state index is -0.157. The first-order valence-corrected chi connectivity index (χ1v) is 6.71. The Morgan fingerprint density at radius 1 is 0.952 bits per heavy atom. The Kier molecular flexibility index (Phi) is 3.74. The Hall–Kier alpha value is -2.94. The fourth-order valence-corrected chi connectivity index (χ4v) is 2.12. The number of nitrogens with one attached hydrogen (secondary N) is 1. The van der Waals surface area contributed by atoms with E-state index in [-0.39, 0.29) is 5.91 Å². The normalized spacial score (nSPS) is 10.9. The van der Waals surface area contributed by atoms with E-state index < -0.39 is 0 Å². The molecule has 0 aliphatic heterocycles. The van der Waals surface area contributed by atoms with E-state index in [0.717, 1.165) is 22.2 Å². The first kappa shape index (κ1) is 13.1. The molecule has 1 heterocycles. The van der Waals surface area contributed by atoms with Gasteiger partial charge in [0, 0.05) is 17.7 Å². The van der Waals surface area contributed by atoms with Gasteiger partial charge in [-0.25, -0.2) is 0 Å². The summed E-state index contributed by atoms with van der Waals surface area (Å²) in [6.45, 7) is 0. The molecule has 1 aromatic heterocycles. The molecule has 3 aromatic rings. The highest BCUT2D eigenvalue weighted by Crippen LogP contribution is 2.21. The van der Waals surface area contributed by atoms with Crippen LogP contribution in [0.2, 0.25) is 0 Å². The first-order valence-electron chi connectivity index (χ1n) is 6.71. The van der Waals surface area contributed by atoms with E-state index >= 15 is 0 Å². The van der Waals surface area contributed by atoms with Gasteiger partial charge in [0.1, 0.15) is 0 Å². The highest BCUT2D eigenvalue weighted by atomic mass is 16.1. The van der Waals surface area contributed by atoms with E-state index in [2.05, 4.69) is 10.3 Å². The second kappa shape index (κ2) is 6.01. The topological polar surface area (TPSA) is 42.0 Å². The van der Waals surface area contributed by atoms with E-state index in [1.165, 1.54) is 6.08 Å². The molecule has 0 fully saturated rings. The monoisotopic (exact) mass is 274 g/mol.